The second kappa shape index (κ2) is 9.74. The van der Waals surface area contributed by atoms with Gasteiger partial charge in [-0.15, -0.1) is 0 Å². The fraction of sp³-hybridized carbons (Fsp3) is 0.0345. The summed E-state index contributed by atoms with van der Waals surface area (Å²) in [5, 5.41) is 4.33. The molecule has 6 rings (SSSR count). The lowest BCUT2D eigenvalue weighted by Crippen LogP contribution is -2.23. The Morgan fingerprint density at radius 1 is 0.800 bits per heavy atom. The molecule has 40 heavy (non-hydrogen) atoms. The number of pyridine rings is 1. The summed E-state index contributed by atoms with van der Waals surface area (Å²) in [6, 6.07) is 26.0. The quantitative estimate of drug-likeness (QED) is 0.323. The smallest absolute Gasteiger partial charge is 0.270 e. The van der Waals surface area contributed by atoms with E-state index >= 15 is 0 Å². The fourth-order valence-electron chi connectivity index (χ4n) is 4.51. The van der Waals surface area contributed by atoms with Crippen molar-refractivity contribution in [1.29, 1.82) is 0 Å². The van der Waals surface area contributed by atoms with Crippen LogP contribution in [0.5, 0.6) is 0 Å². The first-order valence-corrected chi connectivity index (χ1v) is 14.3. The molecule has 0 amide bonds. The second-order valence-electron chi connectivity index (χ2n) is 9.09. The molecule has 6 aromatic rings. The largest absolute Gasteiger partial charge is 0.329 e. The molecule has 0 saturated carbocycles. The number of aromatic nitrogens is 5. The molecule has 0 atom stereocenters. The molecule has 3 aromatic heterocycles. The monoisotopic (exact) mass is 569 g/mol. The van der Waals surface area contributed by atoms with Gasteiger partial charge in [0.15, 0.2) is 20.5 Å². The van der Waals surface area contributed by atoms with Crippen LogP contribution in [0, 0.1) is 0 Å². The van der Waals surface area contributed by atoms with Crippen molar-refractivity contribution in [3.05, 3.63) is 123 Å². The van der Waals surface area contributed by atoms with Gasteiger partial charge in [0, 0.05) is 29.1 Å². The molecule has 0 aliphatic heterocycles. The molecule has 0 fully saturated rings. The predicted molar refractivity (Wildman–Crippen MR) is 154 cm³/mol. The molecule has 0 aliphatic carbocycles. The Morgan fingerprint density at radius 2 is 1.48 bits per heavy atom. The van der Waals surface area contributed by atoms with Crippen LogP contribution in [0.15, 0.2) is 112 Å². The number of H-pyrrole nitrogens is 1. The van der Waals surface area contributed by atoms with Gasteiger partial charge in [-0.1, -0.05) is 54.1 Å². The summed E-state index contributed by atoms with van der Waals surface area (Å²) < 4.78 is 28.3. The van der Waals surface area contributed by atoms with Crippen molar-refractivity contribution in [3.63, 3.8) is 0 Å². The van der Waals surface area contributed by atoms with Crippen molar-refractivity contribution in [2.75, 3.05) is 6.26 Å². The summed E-state index contributed by atoms with van der Waals surface area (Å²) in [7, 11) is -3.90. The van der Waals surface area contributed by atoms with Crippen molar-refractivity contribution in [2.24, 2.45) is 0 Å². The number of hydrogen-bond acceptors (Lipinski definition) is 6. The van der Waals surface area contributed by atoms with Gasteiger partial charge in [-0.25, -0.2) is 18.1 Å². The summed E-state index contributed by atoms with van der Waals surface area (Å²) in [4.78, 5) is 33.4. The van der Waals surface area contributed by atoms with Gasteiger partial charge in [0.1, 0.15) is 11.2 Å². The molecule has 11 heteroatoms. The van der Waals surface area contributed by atoms with Crippen molar-refractivity contribution in [2.45, 2.75) is 5.03 Å². The number of nitrogens with zero attached hydrogens (tertiary/aromatic N) is 4. The molecule has 198 valence electrons. The lowest BCUT2D eigenvalue weighted by atomic mass is 10.0. The van der Waals surface area contributed by atoms with E-state index in [2.05, 4.69) is 10.1 Å². The lowest BCUT2D eigenvalue weighted by molar-refractivity contribution is 0.597. The van der Waals surface area contributed by atoms with Crippen LogP contribution in [-0.4, -0.2) is 39.0 Å². The maximum atomic E-state index is 14.2. The summed E-state index contributed by atoms with van der Waals surface area (Å²) in [5.74, 6) is 0.273. The van der Waals surface area contributed by atoms with Crippen LogP contribution in [0.4, 0.5) is 0 Å². The molecule has 0 radical (unpaired) electrons. The Kier molecular flexibility index (Phi) is 6.21. The molecule has 0 bridgehead atoms. The van der Waals surface area contributed by atoms with E-state index in [0.29, 0.717) is 22.0 Å². The number of aromatic amines is 1. The standard InChI is InChI=1S/C29H20ClN5O4S/c1-40(38,39)28-25-27(35(33-28)23-5-3-2-4-6-23)32-26(34(29(25)37)22-13-11-21(30)12-14-22)19-9-7-18(8-10-19)20-15-16-31-24(36)17-20/h2-17H,1H3,(H,31,36). The summed E-state index contributed by atoms with van der Waals surface area (Å²) in [6.45, 7) is 0. The highest BCUT2D eigenvalue weighted by molar-refractivity contribution is 7.90. The maximum Gasteiger partial charge on any atom is 0.270 e. The average Bonchev–Trinajstić information content (AvgIpc) is 3.35. The van der Waals surface area contributed by atoms with Gasteiger partial charge in [-0.2, -0.15) is 5.10 Å². The molecule has 0 aliphatic rings. The Hall–Kier alpha value is -4.80. The van der Waals surface area contributed by atoms with Crippen LogP contribution in [-0.2, 0) is 9.84 Å². The van der Waals surface area contributed by atoms with Crippen molar-refractivity contribution < 1.29 is 8.42 Å². The molecule has 3 aromatic carbocycles. The van der Waals surface area contributed by atoms with Crippen LogP contribution in [0.2, 0.25) is 5.02 Å². The van der Waals surface area contributed by atoms with Gasteiger partial charge in [-0.3, -0.25) is 14.2 Å². The van der Waals surface area contributed by atoms with Crippen LogP contribution >= 0.6 is 11.6 Å². The molecule has 1 N–H and O–H groups in total. The van der Waals surface area contributed by atoms with Crippen molar-refractivity contribution in [3.8, 4) is 33.9 Å². The molecular formula is C29H20ClN5O4S. The topological polar surface area (TPSA) is 120 Å². The Labute approximate surface area is 232 Å². The number of hydrogen-bond donors (Lipinski definition) is 1. The van der Waals surface area contributed by atoms with Gasteiger partial charge >= 0.3 is 0 Å². The molecule has 0 unspecified atom stereocenters. The number of nitrogens with one attached hydrogen (secondary N) is 1. The third kappa shape index (κ3) is 4.53. The Morgan fingerprint density at radius 3 is 2.12 bits per heavy atom. The van der Waals surface area contributed by atoms with Crippen molar-refractivity contribution in [1.82, 2.24) is 24.3 Å². The number of halogens is 1. The van der Waals surface area contributed by atoms with Gasteiger partial charge in [-0.05, 0) is 53.6 Å². The molecule has 9 nitrogen and oxygen atoms in total. The van der Waals surface area contributed by atoms with E-state index in [1.807, 2.05) is 18.2 Å². The SMILES string of the molecule is CS(=O)(=O)c1nn(-c2ccccc2)c2nc(-c3ccc(-c4cc[nH]c(=O)c4)cc3)n(-c3ccc(Cl)cc3)c(=O)c12. The van der Waals surface area contributed by atoms with Gasteiger partial charge in [0.25, 0.3) is 5.56 Å². The zero-order chi connectivity index (χ0) is 28.0. The van der Waals surface area contributed by atoms with Crippen LogP contribution < -0.4 is 11.1 Å². The predicted octanol–water partition coefficient (Wildman–Crippen LogP) is 4.65. The highest BCUT2D eigenvalue weighted by Crippen LogP contribution is 2.29. The Bertz CT molecular complexity index is 2120. The molecular weight excluding hydrogens is 550 g/mol. The van der Waals surface area contributed by atoms with Gasteiger partial charge < -0.3 is 4.98 Å². The van der Waals surface area contributed by atoms with Crippen LogP contribution in [0.3, 0.4) is 0 Å². The highest BCUT2D eigenvalue weighted by atomic mass is 35.5. The first-order chi connectivity index (χ1) is 19.2. The lowest BCUT2D eigenvalue weighted by Gasteiger charge is -2.14. The number of benzene rings is 3. The summed E-state index contributed by atoms with van der Waals surface area (Å²) in [5.41, 5.74) is 2.40. The zero-order valence-electron chi connectivity index (χ0n) is 20.9. The maximum absolute atomic E-state index is 14.2. The first kappa shape index (κ1) is 25.5. The van der Waals surface area contributed by atoms with Crippen LogP contribution in [0.25, 0.3) is 44.9 Å². The van der Waals surface area contributed by atoms with Crippen LogP contribution in [0.1, 0.15) is 0 Å². The number of sulfone groups is 1. The number of para-hydroxylation sites is 1. The summed E-state index contributed by atoms with van der Waals surface area (Å²) in [6.07, 6.45) is 2.58. The highest BCUT2D eigenvalue weighted by Gasteiger charge is 2.27. The zero-order valence-corrected chi connectivity index (χ0v) is 22.5. The van der Waals surface area contributed by atoms with Gasteiger partial charge in [0.2, 0.25) is 5.56 Å². The third-order valence-electron chi connectivity index (χ3n) is 6.36. The van der Waals surface area contributed by atoms with E-state index in [0.717, 1.165) is 17.4 Å². The second-order valence-corrected chi connectivity index (χ2v) is 11.5. The molecule has 0 saturated heterocycles. The normalized spacial score (nSPS) is 11.7. The van der Waals surface area contributed by atoms with E-state index < -0.39 is 15.4 Å². The molecule has 3 heterocycles. The number of fused-ring (bicyclic) bond motifs is 1. The van der Waals surface area contributed by atoms with E-state index in [-0.39, 0.29) is 27.4 Å². The fourth-order valence-corrected chi connectivity index (χ4v) is 5.41. The summed E-state index contributed by atoms with van der Waals surface area (Å²) >= 11 is 6.11. The minimum absolute atomic E-state index is 0.107. The first-order valence-electron chi connectivity index (χ1n) is 12.1. The number of rotatable bonds is 5. The van der Waals surface area contributed by atoms with Gasteiger partial charge in [0.05, 0.1) is 11.4 Å². The third-order valence-corrected chi connectivity index (χ3v) is 7.60. The van der Waals surface area contributed by atoms with E-state index in [4.69, 9.17) is 16.6 Å². The van der Waals surface area contributed by atoms with E-state index in [1.165, 1.54) is 15.3 Å². The van der Waals surface area contributed by atoms with Crippen molar-refractivity contribution >= 4 is 32.5 Å². The minimum Gasteiger partial charge on any atom is -0.329 e. The molecule has 0 spiro atoms. The average molecular weight is 570 g/mol. The Balaban J connectivity index is 1.67. The van der Waals surface area contributed by atoms with E-state index in [1.54, 1.807) is 72.9 Å². The van der Waals surface area contributed by atoms with E-state index in [9.17, 15) is 18.0 Å². The minimum atomic E-state index is -3.90.